The van der Waals surface area contributed by atoms with E-state index in [0.717, 1.165) is 44.9 Å². The molecule has 1 N–H and O–H groups in total. The second kappa shape index (κ2) is 75.2. The maximum absolute atomic E-state index is 12.9. The van der Waals surface area contributed by atoms with Crippen LogP contribution in [-0.4, -0.2) is 74.9 Å². The number of quaternary nitrogens is 1. The number of esters is 2. The highest BCUT2D eigenvalue weighted by Gasteiger charge is 2.27. The first kappa shape index (κ1) is 92.0. The molecule has 0 bridgehead atoms. The SMILES string of the molecule is CCCCCCC/C=C\C/C=C\C/C=C\CCCCCCCCCCCCCCCCCCCCCCCCCCCCC(=O)OC(COC(=O)CCCCCCCCCCCCCCCCCCC/C=C\CCCCCCCCCC)COP(=O)(O)OCC[N+](C)(C)C. The molecule has 0 rings (SSSR count). The lowest BCUT2D eigenvalue weighted by Crippen LogP contribution is -2.37. The number of hydrogen-bond acceptors (Lipinski definition) is 7. The van der Waals surface area contributed by atoms with Crippen LogP contribution in [0.1, 0.15) is 425 Å². The molecule has 0 amide bonds. The Hall–Kier alpha value is -2.03. The van der Waals surface area contributed by atoms with Crippen LogP contribution in [0.3, 0.4) is 0 Å². The summed E-state index contributed by atoms with van der Waals surface area (Å²) in [6, 6.07) is 0. The molecule has 0 aliphatic heterocycles. The fraction of sp³-hybridized carbons (Fsp3) is 0.881. The number of likely N-dealkylation sites (N-methyl/N-ethyl adjacent to an activating group) is 1. The molecule has 0 saturated heterocycles. The zero-order chi connectivity index (χ0) is 68.3. The number of carbonyl (C=O) groups is 2. The van der Waals surface area contributed by atoms with Crippen molar-refractivity contribution in [3.8, 4) is 0 Å². The number of ether oxygens (including phenoxy) is 2. The number of unbranched alkanes of at least 4 members (excludes halogenated alkanes) is 56. The fourth-order valence-corrected chi connectivity index (χ4v) is 13.2. The van der Waals surface area contributed by atoms with Crippen LogP contribution in [-0.2, 0) is 32.7 Å². The zero-order valence-corrected chi connectivity index (χ0v) is 64.4. The minimum atomic E-state index is -4.39. The normalized spacial score (nSPS) is 13.2. The smallest absolute Gasteiger partial charge is 0.462 e. The summed E-state index contributed by atoms with van der Waals surface area (Å²) in [6.07, 6.45) is 99.9. The van der Waals surface area contributed by atoms with E-state index in [0.29, 0.717) is 23.9 Å². The molecule has 0 aliphatic carbocycles. The van der Waals surface area contributed by atoms with E-state index in [9.17, 15) is 19.0 Å². The van der Waals surface area contributed by atoms with Crippen LogP contribution >= 0.6 is 7.82 Å². The highest BCUT2D eigenvalue weighted by molar-refractivity contribution is 7.47. The molecule has 0 aliphatic rings. The van der Waals surface area contributed by atoms with Crippen molar-refractivity contribution in [1.29, 1.82) is 0 Å². The Labute approximate surface area is 585 Å². The van der Waals surface area contributed by atoms with Crippen molar-refractivity contribution < 1.29 is 42.1 Å². The molecule has 2 atom stereocenters. The van der Waals surface area contributed by atoms with Gasteiger partial charge in [-0.25, -0.2) is 4.57 Å². The molecule has 0 spiro atoms. The van der Waals surface area contributed by atoms with E-state index in [1.807, 2.05) is 21.1 Å². The second-order valence-electron chi connectivity index (χ2n) is 29.5. The first-order chi connectivity index (χ1) is 46.0. The molecule has 2 unspecified atom stereocenters. The van der Waals surface area contributed by atoms with E-state index >= 15 is 0 Å². The average molecular weight is 1340 g/mol. The summed E-state index contributed by atoms with van der Waals surface area (Å²) in [5, 5.41) is 0. The van der Waals surface area contributed by atoms with Crippen molar-refractivity contribution in [2.75, 3.05) is 47.5 Å². The van der Waals surface area contributed by atoms with Gasteiger partial charge in [-0.05, 0) is 77.0 Å². The molecule has 10 heteroatoms. The molecule has 554 valence electrons. The van der Waals surface area contributed by atoms with Gasteiger partial charge < -0.3 is 18.9 Å². The average Bonchev–Trinajstić information content (AvgIpc) is 1.57. The van der Waals surface area contributed by atoms with Gasteiger partial charge >= 0.3 is 19.8 Å². The lowest BCUT2D eigenvalue weighted by molar-refractivity contribution is -0.870. The number of rotatable bonds is 78. The molecule has 0 heterocycles. The summed E-state index contributed by atoms with van der Waals surface area (Å²) in [4.78, 5) is 36.0. The molecule has 94 heavy (non-hydrogen) atoms. The summed E-state index contributed by atoms with van der Waals surface area (Å²) >= 11 is 0. The Morgan fingerprint density at radius 1 is 0.330 bits per heavy atom. The number of phosphoric acid groups is 1. The maximum atomic E-state index is 12.9. The number of phosphoric ester groups is 1. The van der Waals surface area contributed by atoms with Gasteiger partial charge in [0.05, 0.1) is 27.7 Å². The number of nitrogens with zero attached hydrogens (tertiary/aromatic N) is 1. The van der Waals surface area contributed by atoms with E-state index in [1.54, 1.807) is 0 Å². The molecule has 0 fully saturated rings. The zero-order valence-electron chi connectivity index (χ0n) is 63.5. The second-order valence-corrected chi connectivity index (χ2v) is 31.0. The van der Waals surface area contributed by atoms with Crippen LogP contribution in [0.4, 0.5) is 0 Å². The predicted octanol–water partition coefficient (Wildman–Crippen LogP) is 27.5. The maximum Gasteiger partial charge on any atom is 0.472 e. The largest absolute Gasteiger partial charge is 0.472 e. The number of hydrogen-bond donors (Lipinski definition) is 1. The summed E-state index contributed by atoms with van der Waals surface area (Å²) in [6.45, 7) is 4.50. The third kappa shape index (κ3) is 79.0. The molecule has 0 radical (unpaired) electrons. The standard InChI is InChI=1S/C84H160NO8P/c1-6-8-10-12-14-16-18-20-22-24-26-28-30-32-34-36-37-38-39-40-41-42-43-44-45-46-47-49-51-53-55-57-59-61-63-65-67-69-71-73-75-77-84(87)93-82(81-92-94(88,89)91-79-78-85(3,4)5)80-90-83(86)76-74-72-70-68-66-64-62-60-58-56-54-52-50-48-35-33-31-29-27-25-23-21-19-17-15-13-11-9-7-2/h18,20,24-27,30,32,82H,6-17,19,21-23,28-29,31,33-81H2,1-5H3/p+1/b20-18-,26-24-,27-25-,32-30-. The van der Waals surface area contributed by atoms with Crippen LogP contribution in [0.25, 0.3) is 0 Å². The van der Waals surface area contributed by atoms with Crippen molar-refractivity contribution >= 4 is 19.8 Å². The van der Waals surface area contributed by atoms with Crippen molar-refractivity contribution in [2.24, 2.45) is 0 Å². The van der Waals surface area contributed by atoms with Crippen molar-refractivity contribution in [3.63, 3.8) is 0 Å². The van der Waals surface area contributed by atoms with Gasteiger partial charge in [-0.1, -0.05) is 383 Å². The van der Waals surface area contributed by atoms with Gasteiger partial charge in [0.15, 0.2) is 6.10 Å². The molecule has 0 aromatic carbocycles. The van der Waals surface area contributed by atoms with Gasteiger partial charge in [0.25, 0.3) is 0 Å². The monoisotopic (exact) mass is 1340 g/mol. The van der Waals surface area contributed by atoms with Crippen LogP contribution in [0, 0.1) is 0 Å². The van der Waals surface area contributed by atoms with Crippen molar-refractivity contribution in [3.05, 3.63) is 48.6 Å². The van der Waals surface area contributed by atoms with E-state index in [4.69, 9.17) is 18.5 Å². The van der Waals surface area contributed by atoms with Gasteiger partial charge in [0, 0.05) is 12.8 Å². The van der Waals surface area contributed by atoms with Gasteiger partial charge in [-0.3, -0.25) is 18.6 Å². The lowest BCUT2D eigenvalue weighted by atomic mass is 10.0. The van der Waals surface area contributed by atoms with E-state index in [2.05, 4.69) is 62.5 Å². The Kier molecular flexibility index (Phi) is 73.6. The minimum absolute atomic E-state index is 0.0349. The fourth-order valence-electron chi connectivity index (χ4n) is 12.5. The minimum Gasteiger partial charge on any atom is -0.462 e. The highest BCUT2D eigenvalue weighted by Crippen LogP contribution is 2.43. The first-order valence-electron chi connectivity index (χ1n) is 41.4. The summed E-state index contributed by atoms with van der Waals surface area (Å²) < 4.78 is 34.8. The van der Waals surface area contributed by atoms with Gasteiger partial charge in [-0.2, -0.15) is 0 Å². The summed E-state index contributed by atoms with van der Waals surface area (Å²) in [5.74, 6) is -0.772. The van der Waals surface area contributed by atoms with E-state index in [-0.39, 0.29) is 25.6 Å². The van der Waals surface area contributed by atoms with Crippen molar-refractivity contribution in [2.45, 2.75) is 431 Å². The van der Waals surface area contributed by atoms with Crippen LogP contribution in [0.15, 0.2) is 48.6 Å². The predicted molar refractivity (Wildman–Crippen MR) is 409 cm³/mol. The van der Waals surface area contributed by atoms with Gasteiger partial charge in [-0.15, -0.1) is 0 Å². The quantitative estimate of drug-likeness (QED) is 0.0211. The number of allylic oxidation sites excluding steroid dienone is 8. The topological polar surface area (TPSA) is 108 Å². The third-order valence-electron chi connectivity index (χ3n) is 18.8. The molecule has 0 saturated carbocycles. The molecular formula is C84H161NO8P+. The van der Waals surface area contributed by atoms with Crippen molar-refractivity contribution in [1.82, 2.24) is 0 Å². The van der Waals surface area contributed by atoms with E-state index in [1.165, 1.54) is 347 Å². The van der Waals surface area contributed by atoms with Crippen LogP contribution in [0.5, 0.6) is 0 Å². The van der Waals surface area contributed by atoms with Gasteiger partial charge in [0.2, 0.25) is 0 Å². The Balaban J connectivity index is 3.88. The van der Waals surface area contributed by atoms with Gasteiger partial charge in [0.1, 0.15) is 19.8 Å². The molecule has 0 aromatic heterocycles. The summed E-state index contributed by atoms with van der Waals surface area (Å²) in [5.41, 5.74) is 0. The lowest BCUT2D eigenvalue weighted by Gasteiger charge is -2.24. The molecule has 0 aromatic rings. The molecule has 9 nitrogen and oxygen atoms in total. The Bertz CT molecular complexity index is 1720. The number of carbonyl (C=O) groups excluding carboxylic acids is 2. The molecular weight excluding hydrogens is 1180 g/mol. The Morgan fingerprint density at radius 3 is 0.862 bits per heavy atom. The van der Waals surface area contributed by atoms with Crippen LogP contribution in [0.2, 0.25) is 0 Å². The highest BCUT2D eigenvalue weighted by atomic mass is 31.2. The Morgan fingerprint density at radius 2 is 0.574 bits per heavy atom. The van der Waals surface area contributed by atoms with Crippen LogP contribution < -0.4 is 0 Å². The summed E-state index contributed by atoms with van der Waals surface area (Å²) in [7, 11) is 1.50. The van der Waals surface area contributed by atoms with E-state index < -0.39 is 26.5 Å². The first-order valence-corrected chi connectivity index (χ1v) is 42.9. The third-order valence-corrected chi connectivity index (χ3v) is 19.8.